The number of halogens is 4. The zero-order chi connectivity index (χ0) is 31.6. The van der Waals surface area contributed by atoms with Crippen molar-refractivity contribution in [2.24, 2.45) is 0 Å². The molecule has 0 unspecified atom stereocenters. The molecule has 0 saturated heterocycles. The number of nitrogens with zero attached hydrogens (tertiary/aromatic N) is 2. The minimum absolute atomic E-state index is 0.0519. The maximum absolute atomic E-state index is 13.5. The molecule has 0 radical (unpaired) electrons. The molecule has 4 rings (SSSR count). The first-order valence-corrected chi connectivity index (χ1v) is 15.4. The molecule has 0 amide bonds. The molecule has 0 aromatic heterocycles. The van der Waals surface area contributed by atoms with E-state index >= 15 is 0 Å². The molecule has 10 nitrogen and oxygen atoms in total. The zero-order valence-corrected chi connectivity index (χ0v) is 26.3. The van der Waals surface area contributed by atoms with E-state index in [0.29, 0.717) is 31.2 Å². The van der Waals surface area contributed by atoms with Gasteiger partial charge in [-0.25, -0.2) is 8.42 Å². The Morgan fingerprint density at radius 3 is 1.35 bits per heavy atom. The zero-order valence-electron chi connectivity index (χ0n) is 22.5. The molecule has 0 spiro atoms. The van der Waals surface area contributed by atoms with Crippen molar-refractivity contribution in [3.05, 3.63) is 123 Å². The van der Waals surface area contributed by atoms with Crippen molar-refractivity contribution in [2.45, 2.75) is 36.7 Å². The summed E-state index contributed by atoms with van der Waals surface area (Å²) < 4.78 is 26.9. The fourth-order valence-electron chi connectivity index (χ4n) is 4.37. The van der Waals surface area contributed by atoms with Gasteiger partial charge in [0.25, 0.3) is 11.4 Å². The van der Waals surface area contributed by atoms with Crippen molar-refractivity contribution in [1.29, 1.82) is 0 Å². The molecule has 2 N–H and O–H groups in total. The molecule has 0 heterocycles. The number of nitro groups is 2. The van der Waals surface area contributed by atoms with Crippen molar-refractivity contribution in [3.63, 3.8) is 0 Å². The molecule has 0 aliphatic rings. The minimum Gasteiger partial charge on any atom is -0.375 e. The van der Waals surface area contributed by atoms with Crippen LogP contribution in [0.4, 0.5) is 22.7 Å². The van der Waals surface area contributed by atoms with Gasteiger partial charge in [-0.2, -0.15) is 0 Å². The Bertz CT molecular complexity index is 1710. The van der Waals surface area contributed by atoms with Crippen molar-refractivity contribution in [3.8, 4) is 0 Å². The standard InChI is InChI=1S/C28H22Cl4N4O6S/c1-15-7-17(29)9-23(31)21(15)13-33-25-5-3-19(11-27(25)35(37)38)43(41,42)20-4-6-26(28(12-20)36(39)40)34-14-22-16(2)8-18(30)10-24(22)32/h3-12,33-34H,13-14H2,1-2H3. The summed E-state index contributed by atoms with van der Waals surface area (Å²) in [5.74, 6) is 0. The van der Waals surface area contributed by atoms with E-state index in [4.69, 9.17) is 46.4 Å². The maximum Gasteiger partial charge on any atom is 0.293 e. The van der Waals surface area contributed by atoms with Crippen LogP contribution in [0.2, 0.25) is 20.1 Å². The van der Waals surface area contributed by atoms with Crippen molar-refractivity contribution < 1.29 is 18.3 Å². The van der Waals surface area contributed by atoms with E-state index in [0.717, 1.165) is 23.3 Å². The van der Waals surface area contributed by atoms with Crippen LogP contribution >= 0.6 is 46.4 Å². The van der Waals surface area contributed by atoms with Crippen LogP contribution in [0.3, 0.4) is 0 Å². The van der Waals surface area contributed by atoms with Crippen molar-refractivity contribution in [2.75, 3.05) is 10.6 Å². The highest BCUT2D eigenvalue weighted by atomic mass is 35.5. The molecule has 0 aliphatic heterocycles. The van der Waals surface area contributed by atoms with E-state index in [1.165, 1.54) is 24.3 Å². The fraction of sp³-hybridized carbons (Fsp3) is 0.143. The predicted octanol–water partition coefficient (Wildman–Crippen LogP) is 8.79. The summed E-state index contributed by atoms with van der Waals surface area (Å²) in [5, 5.41) is 31.2. The number of benzene rings is 4. The number of aryl methyl sites for hydroxylation is 2. The Morgan fingerprint density at radius 1 is 0.651 bits per heavy atom. The van der Waals surface area contributed by atoms with Gasteiger partial charge in [0, 0.05) is 45.3 Å². The topological polar surface area (TPSA) is 144 Å². The number of rotatable bonds is 10. The average Bonchev–Trinajstić information content (AvgIpc) is 2.91. The Hall–Kier alpha value is -3.61. The number of hydrogen-bond acceptors (Lipinski definition) is 8. The molecule has 0 fully saturated rings. The molecule has 0 atom stereocenters. The summed E-state index contributed by atoms with van der Waals surface area (Å²) >= 11 is 24.6. The lowest BCUT2D eigenvalue weighted by Gasteiger charge is -2.14. The molecule has 0 bridgehead atoms. The van der Waals surface area contributed by atoms with Gasteiger partial charge in [-0.3, -0.25) is 20.2 Å². The minimum atomic E-state index is -4.39. The monoisotopic (exact) mass is 682 g/mol. The second-order valence-corrected chi connectivity index (χ2v) is 13.1. The lowest BCUT2D eigenvalue weighted by Crippen LogP contribution is -2.08. The first-order chi connectivity index (χ1) is 20.2. The van der Waals surface area contributed by atoms with Gasteiger partial charge in [0.1, 0.15) is 11.4 Å². The van der Waals surface area contributed by atoms with Crippen LogP contribution in [0.25, 0.3) is 0 Å². The number of nitro benzene ring substituents is 2. The van der Waals surface area contributed by atoms with Crippen LogP contribution in [-0.4, -0.2) is 18.3 Å². The number of anilines is 2. The summed E-state index contributed by atoms with van der Waals surface area (Å²) in [4.78, 5) is 21.5. The van der Waals surface area contributed by atoms with Gasteiger partial charge >= 0.3 is 0 Å². The quantitative estimate of drug-likeness (QED) is 0.125. The first kappa shape index (κ1) is 32.3. The number of sulfone groups is 1. The highest BCUT2D eigenvalue weighted by Gasteiger charge is 2.27. The molecule has 0 aliphatic carbocycles. The van der Waals surface area contributed by atoms with Crippen molar-refractivity contribution >= 4 is 79.0 Å². The van der Waals surface area contributed by atoms with Gasteiger partial charge in [0.05, 0.1) is 19.6 Å². The van der Waals surface area contributed by atoms with Crippen LogP contribution in [-0.2, 0) is 22.9 Å². The van der Waals surface area contributed by atoms with Gasteiger partial charge in [-0.15, -0.1) is 0 Å². The van der Waals surface area contributed by atoms with E-state index in [9.17, 15) is 28.6 Å². The van der Waals surface area contributed by atoms with E-state index in [1.54, 1.807) is 38.1 Å². The molecular formula is C28H22Cl4N4O6S. The third kappa shape index (κ3) is 7.14. The van der Waals surface area contributed by atoms with E-state index in [-0.39, 0.29) is 24.5 Å². The third-order valence-corrected chi connectivity index (χ3v) is 9.49. The Balaban J connectivity index is 1.63. The largest absolute Gasteiger partial charge is 0.375 e. The van der Waals surface area contributed by atoms with E-state index in [1.807, 2.05) is 0 Å². The van der Waals surface area contributed by atoms with Gasteiger partial charge in [0.15, 0.2) is 0 Å². The Labute approximate surface area is 266 Å². The van der Waals surface area contributed by atoms with Gasteiger partial charge < -0.3 is 10.6 Å². The normalized spacial score (nSPS) is 11.3. The molecule has 0 saturated carbocycles. The summed E-state index contributed by atoms with van der Waals surface area (Å²) in [6.07, 6.45) is 0. The summed E-state index contributed by atoms with van der Waals surface area (Å²) in [6, 6.07) is 13.2. The summed E-state index contributed by atoms with van der Waals surface area (Å²) in [7, 11) is -4.39. The lowest BCUT2D eigenvalue weighted by atomic mass is 10.1. The van der Waals surface area contributed by atoms with Gasteiger partial charge in [0.2, 0.25) is 9.84 Å². The van der Waals surface area contributed by atoms with Gasteiger partial charge in [-0.05, 0) is 84.6 Å². The Morgan fingerprint density at radius 2 is 1.02 bits per heavy atom. The summed E-state index contributed by atoms with van der Waals surface area (Å²) in [6.45, 7) is 3.78. The SMILES string of the molecule is Cc1cc(Cl)cc(Cl)c1CNc1ccc(S(=O)(=O)c2ccc(NCc3c(C)cc(Cl)cc3Cl)c([N+](=O)[O-])c2)cc1[N+](=O)[O-]. The highest BCUT2D eigenvalue weighted by Crippen LogP contribution is 2.35. The smallest absolute Gasteiger partial charge is 0.293 e. The number of nitrogens with one attached hydrogen (secondary N) is 2. The fourth-order valence-corrected chi connectivity index (χ4v) is 7.00. The second kappa shape index (κ2) is 12.9. The van der Waals surface area contributed by atoms with Crippen LogP contribution in [0.15, 0.2) is 70.5 Å². The Kier molecular flexibility index (Phi) is 9.73. The predicted molar refractivity (Wildman–Crippen MR) is 169 cm³/mol. The second-order valence-electron chi connectivity index (χ2n) is 9.45. The molecule has 224 valence electrons. The van der Waals surface area contributed by atoms with Crippen LogP contribution in [0, 0.1) is 34.1 Å². The first-order valence-electron chi connectivity index (χ1n) is 12.4. The van der Waals surface area contributed by atoms with E-state index in [2.05, 4.69) is 10.6 Å². The van der Waals surface area contributed by atoms with Crippen LogP contribution in [0.1, 0.15) is 22.3 Å². The lowest BCUT2D eigenvalue weighted by molar-refractivity contribution is -0.384. The number of hydrogen-bond donors (Lipinski definition) is 2. The molecular weight excluding hydrogens is 662 g/mol. The summed E-state index contributed by atoms with van der Waals surface area (Å²) in [5.41, 5.74) is 1.93. The maximum atomic E-state index is 13.5. The molecule has 4 aromatic rings. The molecule has 15 heteroatoms. The van der Waals surface area contributed by atoms with Crippen LogP contribution < -0.4 is 10.6 Å². The highest BCUT2D eigenvalue weighted by molar-refractivity contribution is 7.91. The van der Waals surface area contributed by atoms with Gasteiger partial charge in [-0.1, -0.05) is 46.4 Å². The average molecular weight is 684 g/mol. The molecule has 43 heavy (non-hydrogen) atoms. The van der Waals surface area contributed by atoms with Crippen molar-refractivity contribution in [1.82, 2.24) is 0 Å². The van der Waals surface area contributed by atoms with Crippen LogP contribution in [0.5, 0.6) is 0 Å². The third-order valence-electron chi connectivity index (χ3n) is 6.63. The molecule has 4 aromatic carbocycles. The van der Waals surface area contributed by atoms with E-state index < -0.39 is 40.8 Å².